The first-order valence-corrected chi connectivity index (χ1v) is 12.5. The standard InChI is InChI=1S/C20H25FN4O4S2/c1-13(26)23-31(28)8-6-24(7-9-31)18-5-4-15(10-17(18)21)25-12-16(29-20(25)27)11-22-19(30)14-2-3-14/h4-5,10,14,16H,2-3,6-9,11-12H2,1H3,(H,22,30). The lowest BCUT2D eigenvalue weighted by Crippen LogP contribution is -2.41. The second-order valence-electron chi connectivity index (χ2n) is 8.05. The van der Waals surface area contributed by atoms with E-state index in [-0.39, 0.29) is 17.6 Å². The van der Waals surface area contributed by atoms with Crippen molar-refractivity contribution in [1.29, 1.82) is 0 Å². The Bertz CT molecular complexity index is 1020. The highest BCUT2D eigenvalue weighted by Gasteiger charge is 2.34. The van der Waals surface area contributed by atoms with E-state index in [1.807, 2.05) is 0 Å². The van der Waals surface area contributed by atoms with Gasteiger partial charge in [0.1, 0.15) is 11.9 Å². The Morgan fingerprint density at radius 1 is 1.35 bits per heavy atom. The van der Waals surface area contributed by atoms with Crippen LogP contribution in [-0.4, -0.2) is 65.0 Å². The Morgan fingerprint density at radius 3 is 2.68 bits per heavy atom. The molecule has 1 aromatic carbocycles. The van der Waals surface area contributed by atoms with E-state index >= 15 is 0 Å². The molecule has 31 heavy (non-hydrogen) atoms. The summed E-state index contributed by atoms with van der Waals surface area (Å²) in [5.74, 6) is -0.0510. The fourth-order valence-electron chi connectivity index (χ4n) is 3.75. The average molecular weight is 469 g/mol. The number of hydrogen-bond acceptors (Lipinski definition) is 6. The molecule has 168 valence electrons. The van der Waals surface area contributed by atoms with Crippen molar-refractivity contribution < 1.29 is 22.9 Å². The van der Waals surface area contributed by atoms with E-state index in [1.165, 1.54) is 17.9 Å². The average Bonchev–Trinajstić information content (AvgIpc) is 3.49. The summed E-state index contributed by atoms with van der Waals surface area (Å²) in [5.41, 5.74) is 0.791. The molecule has 2 saturated heterocycles. The molecule has 0 spiro atoms. The summed E-state index contributed by atoms with van der Waals surface area (Å²) in [4.78, 5) is 27.5. The van der Waals surface area contributed by atoms with Gasteiger partial charge in [0.05, 0.1) is 39.2 Å². The third-order valence-corrected chi connectivity index (χ3v) is 8.27. The number of thiocarbonyl (C=S) groups is 1. The smallest absolute Gasteiger partial charge is 0.414 e. The van der Waals surface area contributed by atoms with Gasteiger partial charge in [0, 0.05) is 37.4 Å². The van der Waals surface area contributed by atoms with Crippen molar-refractivity contribution in [3.05, 3.63) is 24.0 Å². The van der Waals surface area contributed by atoms with Gasteiger partial charge in [-0.15, -0.1) is 0 Å². The molecule has 1 unspecified atom stereocenters. The maximum Gasteiger partial charge on any atom is 0.414 e. The van der Waals surface area contributed by atoms with Gasteiger partial charge in [-0.2, -0.15) is 4.36 Å². The van der Waals surface area contributed by atoms with Crippen molar-refractivity contribution in [1.82, 2.24) is 5.32 Å². The molecule has 1 saturated carbocycles. The van der Waals surface area contributed by atoms with Gasteiger partial charge >= 0.3 is 6.09 Å². The van der Waals surface area contributed by atoms with E-state index in [4.69, 9.17) is 17.0 Å². The van der Waals surface area contributed by atoms with Crippen LogP contribution in [0.25, 0.3) is 0 Å². The minimum Gasteiger partial charge on any atom is -0.442 e. The number of halogens is 1. The molecule has 0 bridgehead atoms. The van der Waals surface area contributed by atoms with Crippen LogP contribution in [0.4, 0.5) is 20.6 Å². The number of nitrogens with one attached hydrogen (secondary N) is 1. The van der Waals surface area contributed by atoms with E-state index in [1.54, 1.807) is 17.0 Å². The number of benzene rings is 1. The van der Waals surface area contributed by atoms with Gasteiger partial charge in [-0.05, 0) is 31.0 Å². The van der Waals surface area contributed by atoms with Crippen molar-refractivity contribution in [2.45, 2.75) is 25.9 Å². The zero-order valence-electron chi connectivity index (χ0n) is 17.2. The molecule has 2 aliphatic heterocycles. The van der Waals surface area contributed by atoms with Gasteiger partial charge in [-0.3, -0.25) is 9.69 Å². The van der Waals surface area contributed by atoms with Crippen LogP contribution in [0.5, 0.6) is 0 Å². The first-order chi connectivity index (χ1) is 14.7. The zero-order valence-corrected chi connectivity index (χ0v) is 18.8. The van der Waals surface area contributed by atoms with Gasteiger partial charge in [0.25, 0.3) is 5.91 Å². The summed E-state index contributed by atoms with van der Waals surface area (Å²) in [6.07, 6.45) is 1.34. The largest absolute Gasteiger partial charge is 0.442 e. The van der Waals surface area contributed by atoms with Crippen LogP contribution in [0.15, 0.2) is 22.6 Å². The molecule has 3 aliphatic rings. The fraction of sp³-hybridized carbons (Fsp3) is 0.550. The molecule has 0 aromatic heterocycles. The lowest BCUT2D eigenvalue weighted by molar-refractivity contribution is -0.115. The Kier molecular flexibility index (Phi) is 6.16. The molecular formula is C20H25FN4O4S2. The number of nitrogens with zero attached hydrogens (tertiary/aromatic N) is 3. The van der Waals surface area contributed by atoms with Crippen molar-refractivity contribution >= 4 is 50.3 Å². The summed E-state index contributed by atoms with van der Waals surface area (Å²) in [6.45, 7) is 2.72. The summed E-state index contributed by atoms with van der Waals surface area (Å²) < 4.78 is 36.5. The maximum absolute atomic E-state index is 14.9. The highest BCUT2D eigenvalue weighted by Crippen LogP contribution is 2.31. The van der Waals surface area contributed by atoms with Gasteiger partial charge in [-0.1, -0.05) is 12.2 Å². The van der Waals surface area contributed by atoms with Crippen molar-refractivity contribution in [2.75, 3.05) is 47.5 Å². The van der Waals surface area contributed by atoms with Crippen LogP contribution in [0.2, 0.25) is 0 Å². The number of carbonyl (C=O) groups excluding carboxylic acids is 2. The second kappa shape index (κ2) is 8.70. The third-order valence-electron chi connectivity index (χ3n) is 5.57. The van der Waals surface area contributed by atoms with Gasteiger partial charge in [0.15, 0.2) is 0 Å². The topological polar surface area (TPSA) is 91.3 Å². The predicted octanol–water partition coefficient (Wildman–Crippen LogP) is 2.31. The number of anilines is 2. The van der Waals surface area contributed by atoms with E-state index in [2.05, 4.69) is 9.68 Å². The molecule has 1 aliphatic carbocycles. The SMILES string of the molecule is CC(=O)N=S1(=O)CCN(c2ccc(N3CC(CNC(=S)C4CC4)OC3=O)cc2F)CC1. The molecule has 2 amide bonds. The Balaban J connectivity index is 1.38. The molecule has 0 radical (unpaired) electrons. The summed E-state index contributed by atoms with van der Waals surface area (Å²) in [7, 11) is -2.56. The minimum absolute atomic E-state index is 0.212. The number of ether oxygens (including phenoxy) is 1. The normalized spacial score (nSPS) is 22.8. The van der Waals surface area contributed by atoms with Crippen molar-refractivity contribution in [3.63, 3.8) is 0 Å². The Hall–Kier alpha value is -2.27. The van der Waals surface area contributed by atoms with Crippen LogP contribution in [0.1, 0.15) is 19.8 Å². The first kappa shape index (κ1) is 21.9. The van der Waals surface area contributed by atoms with Gasteiger partial charge in [-0.25, -0.2) is 13.4 Å². The maximum atomic E-state index is 14.9. The van der Waals surface area contributed by atoms with Crippen LogP contribution < -0.4 is 15.1 Å². The van der Waals surface area contributed by atoms with Crippen LogP contribution in [0.3, 0.4) is 0 Å². The molecule has 11 heteroatoms. The summed E-state index contributed by atoms with van der Waals surface area (Å²) in [5, 5.41) is 3.16. The van der Waals surface area contributed by atoms with E-state index in [0.717, 1.165) is 17.8 Å². The second-order valence-corrected chi connectivity index (χ2v) is 11.0. The lowest BCUT2D eigenvalue weighted by atomic mass is 10.2. The Labute approximate surface area is 186 Å². The monoisotopic (exact) mass is 468 g/mol. The number of rotatable bonds is 5. The van der Waals surface area contributed by atoms with Crippen LogP contribution in [-0.2, 0) is 19.3 Å². The van der Waals surface area contributed by atoms with Crippen molar-refractivity contribution in [2.24, 2.45) is 10.3 Å². The van der Waals surface area contributed by atoms with Crippen molar-refractivity contribution in [3.8, 4) is 0 Å². The molecule has 1 aromatic rings. The van der Waals surface area contributed by atoms with Gasteiger partial charge < -0.3 is 15.0 Å². The number of amides is 2. The van der Waals surface area contributed by atoms with E-state index in [9.17, 15) is 18.2 Å². The molecule has 3 fully saturated rings. The van der Waals surface area contributed by atoms with Gasteiger partial charge in [0.2, 0.25) is 0 Å². The highest BCUT2D eigenvalue weighted by atomic mass is 32.2. The highest BCUT2D eigenvalue weighted by molar-refractivity contribution is 7.94. The minimum atomic E-state index is -2.56. The fourth-order valence-corrected chi connectivity index (χ4v) is 5.93. The number of hydrogen-bond donors (Lipinski definition) is 1. The number of cyclic esters (lactones) is 1. The summed E-state index contributed by atoms with van der Waals surface area (Å²) in [6, 6.07) is 4.60. The lowest BCUT2D eigenvalue weighted by Gasteiger charge is -2.31. The van der Waals surface area contributed by atoms with E-state index < -0.39 is 27.5 Å². The number of carbonyl (C=O) groups is 2. The Morgan fingerprint density at radius 2 is 2.06 bits per heavy atom. The quantitative estimate of drug-likeness (QED) is 0.663. The molecule has 8 nitrogen and oxygen atoms in total. The molecular weight excluding hydrogens is 443 g/mol. The third kappa shape index (κ3) is 5.15. The van der Waals surface area contributed by atoms with Crippen LogP contribution in [0, 0.1) is 11.7 Å². The molecule has 4 rings (SSSR count). The molecule has 1 atom stereocenters. The van der Waals surface area contributed by atoms with E-state index in [0.29, 0.717) is 43.5 Å². The summed E-state index contributed by atoms with van der Waals surface area (Å²) >= 11 is 5.30. The zero-order chi connectivity index (χ0) is 22.2. The molecule has 1 N–H and O–H groups in total. The van der Waals surface area contributed by atoms with Crippen LogP contribution >= 0.6 is 12.2 Å². The molecule has 2 heterocycles. The predicted molar refractivity (Wildman–Crippen MR) is 121 cm³/mol. The first-order valence-electron chi connectivity index (χ1n) is 10.3.